The molecule has 2 heteroatoms. The van der Waals surface area contributed by atoms with E-state index < -0.39 is 0 Å². The molecule has 2 rings (SSSR count). The highest BCUT2D eigenvalue weighted by molar-refractivity contribution is 5.77. The van der Waals surface area contributed by atoms with Crippen molar-refractivity contribution in [3.05, 3.63) is 35.4 Å². The summed E-state index contributed by atoms with van der Waals surface area (Å²) >= 11 is 0. The van der Waals surface area contributed by atoms with Crippen LogP contribution in [0.5, 0.6) is 0 Å². The van der Waals surface area contributed by atoms with E-state index in [1.165, 1.54) is 31.2 Å². The Morgan fingerprint density at radius 1 is 1.29 bits per heavy atom. The van der Waals surface area contributed by atoms with E-state index in [9.17, 15) is 4.79 Å². The topological polar surface area (TPSA) is 26.3 Å². The summed E-state index contributed by atoms with van der Waals surface area (Å²) < 4.78 is 5.81. The Hall–Kier alpha value is -1.31. The molecule has 2 atom stereocenters. The highest BCUT2D eigenvalue weighted by atomic mass is 16.5. The van der Waals surface area contributed by atoms with E-state index in [-0.39, 0.29) is 17.5 Å². The van der Waals surface area contributed by atoms with Crippen LogP contribution in [0.25, 0.3) is 0 Å². The normalized spacial score (nSPS) is 20.0. The van der Waals surface area contributed by atoms with Crippen molar-refractivity contribution in [2.75, 3.05) is 0 Å². The molecule has 1 fully saturated rings. The Morgan fingerprint density at radius 3 is 2.38 bits per heavy atom. The molecule has 0 aromatic heterocycles. The number of hydrogen-bond acceptors (Lipinski definition) is 2. The predicted octanol–water partition coefficient (Wildman–Crippen LogP) is 5.21. The predicted molar refractivity (Wildman–Crippen MR) is 86.0 cm³/mol. The Bertz CT molecular complexity index is 471. The third-order valence-corrected chi connectivity index (χ3v) is 5.29. The first-order valence-electron chi connectivity index (χ1n) is 8.25. The Kier molecular flexibility index (Phi) is 5.08. The van der Waals surface area contributed by atoms with Crippen molar-refractivity contribution in [2.45, 2.75) is 65.9 Å². The number of aryl methyl sites for hydroxylation is 1. The lowest BCUT2D eigenvalue weighted by Gasteiger charge is -2.33. The van der Waals surface area contributed by atoms with Crippen molar-refractivity contribution < 1.29 is 9.53 Å². The zero-order chi connectivity index (χ0) is 15.5. The van der Waals surface area contributed by atoms with E-state index in [2.05, 4.69) is 32.9 Å². The molecule has 0 saturated heterocycles. The van der Waals surface area contributed by atoms with E-state index in [4.69, 9.17) is 4.74 Å². The minimum absolute atomic E-state index is 0.0232. The molecule has 0 radical (unpaired) electrons. The Balaban J connectivity index is 2.06. The molecule has 116 valence electrons. The van der Waals surface area contributed by atoms with Crippen LogP contribution in [0.15, 0.2) is 24.3 Å². The van der Waals surface area contributed by atoms with Crippen LogP contribution in [0.1, 0.15) is 70.1 Å². The lowest BCUT2D eigenvalue weighted by atomic mass is 9.74. The van der Waals surface area contributed by atoms with Gasteiger partial charge in [-0.15, -0.1) is 0 Å². The minimum Gasteiger partial charge on any atom is -0.457 e. The molecule has 2 unspecified atom stereocenters. The highest BCUT2D eigenvalue weighted by Gasteiger charge is 2.42. The molecular weight excluding hydrogens is 260 g/mol. The summed E-state index contributed by atoms with van der Waals surface area (Å²) in [4.78, 5) is 12.7. The summed E-state index contributed by atoms with van der Waals surface area (Å²) in [6.45, 7) is 8.23. The fraction of sp³-hybridized carbons (Fsp3) is 0.632. The van der Waals surface area contributed by atoms with Crippen molar-refractivity contribution in [1.29, 1.82) is 0 Å². The summed E-state index contributed by atoms with van der Waals surface area (Å²) in [5, 5.41) is 0. The van der Waals surface area contributed by atoms with Crippen molar-refractivity contribution in [2.24, 2.45) is 11.3 Å². The van der Waals surface area contributed by atoms with Gasteiger partial charge in [0, 0.05) is 0 Å². The van der Waals surface area contributed by atoms with Crippen LogP contribution in [0.2, 0.25) is 0 Å². The maximum Gasteiger partial charge on any atom is 0.312 e. The van der Waals surface area contributed by atoms with Crippen LogP contribution in [0, 0.1) is 18.3 Å². The number of benzene rings is 1. The summed E-state index contributed by atoms with van der Waals surface area (Å²) in [6, 6.07) is 8.23. The van der Waals surface area contributed by atoms with Gasteiger partial charge < -0.3 is 4.74 Å². The van der Waals surface area contributed by atoms with Gasteiger partial charge in [0.05, 0.1) is 5.41 Å². The third-order valence-electron chi connectivity index (χ3n) is 5.29. The van der Waals surface area contributed by atoms with Gasteiger partial charge in [-0.1, -0.05) is 49.6 Å². The van der Waals surface area contributed by atoms with Gasteiger partial charge in [0.25, 0.3) is 0 Å². The van der Waals surface area contributed by atoms with Crippen LogP contribution in [0.3, 0.4) is 0 Å². The molecule has 0 heterocycles. The first-order chi connectivity index (χ1) is 9.97. The second-order valence-corrected chi connectivity index (χ2v) is 6.71. The molecule has 0 aliphatic heterocycles. The average molecular weight is 288 g/mol. The lowest BCUT2D eigenvalue weighted by Crippen LogP contribution is -2.36. The molecular formula is C19H28O2. The maximum absolute atomic E-state index is 12.7. The van der Waals surface area contributed by atoms with Crippen LogP contribution in [0.4, 0.5) is 0 Å². The molecule has 0 N–H and O–H groups in total. The zero-order valence-electron chi connectivity index (χ0n) is 13.8. The molecule has 2 nitrogen and oxygen atoms in total. The fourth-order valence-electron chi connectivity index (χ4n) is 3.36. The summed E-state index contributed by atoms with van der Waals surface area (Å²) in [7, 11) is 0. The number of esters is 1. The van der Waals surface area contributed by atoms with Gasteiger partial charge in [0.2, 0.25) is 0 Å². The largest absolute Gasteiger partial charge is 0.457 e. The molecule has 1 aromatic rings. The highest BCUT2D eigenvalue weighted by Crippen LogP contribution is 2.43. The molecule has 0 spiro atoms. The monoisotopic (exact) mass is 288 g/mol. The average Bonchev–Trinajstić information content (AvgIpc) is 3.01. The van der Waals surface area contributed by atoms with Crippen molar-refractivity contribution >= 4 is 5.97 Å². The van der Waals surface area contributed by atoms with Crippen LogP contribution in [-0.2, 0) is 9.53 Å². The van der Waals surface area contributed by atoms with Crippen molar-refractivity contribution in [3.8, 4) is 0 Å². The number of hydrogen-bond donors (Lipinski definition) is 0. The SMILES string of the molecule is CCC(C)(C(=O)OC(C)c1ccc(C)cc1)C1CCCC1. The Morgan fingerprint density at radius 2 is 1.86 bits per heavy atom. The molecule has 0 bridgehead atoms. The first-order valence-corrected chi connectivity index (χ1v) is 8.25. The van der Waals surface area contributed by atoms with E-state index in [0.29, 0.717) is 5.92 Å². The molecule has 1 aliphatic carbocycles. The maximum atomic E-state index is 12.7. The van der Waals surface area contributed by atoms with E-state index in [1.54, 1.807) is 0 Å². The minimum atomic E-state index is -0.324. The van der Waals surface area contributed by atoms with Crippen LogP contribution < -0.4 is 0 Å². The van der Waals surface area contributed by atoms with Crippen molar-refractivity contribution in [3.63, 3.8) is 0 Å². The van der Waals surface area contributed by atoms with E-state index >= 15 is 0 Å². The van der Waals surface area contributed by atoms with Gasteiger partial charge in [0.1, 0.15) is 6.10 Å². The quantitative estimate of drug-likeness (QED) is 0.696. The van der Waals surface area contributed by atoms with Gasteiger partial charge in [-0.05, 0) is 51.5 Å². The molecule has 1 aliphatic rings. The number of ether oxygens (including phenoxy) is 1. The molecule has 1 aromatic carbocycles. The van der Waals surface area contributed by atoms with Gasteiger partial charge in [-0.2, -0.15) is 0 Å². The number of carbonyl (C=O) groups excluding carboxylic acids is 1. The second-order valence-electron chi connectivity index (χ2n) is 6.71. The molecule has 21 heavy (non-hydrogen) atoms. The Labute approximate surface area is 128 Å². The lowest BCUT2D eigenvalue weighted by molar-refractivity contribution is -0.164. The summed E-state index contributed by atoms with van der Waals surface area (Å²) in [6.07, 6.45) is 5.51. The van der Waals surface area contributed by atoms with E-state index in [0.717, 1.165) is 12.0 Å². The zero-order valence-corrected chi connectivity index (χ0v) is 13.8. The van der Waals surface area contributed by atoms with Gasteiger partial charge in [0.15, 0.2) is 0 Å². The van der Waals surface area contributed by atoms with Crippen LogP contribution >= 0.6 is 0 Å². The molecule has 1 saturated carbocycles. The summed E-state index contributed by atoms with van der Waals surface area (Å²) in [5.74, 6) is 0.463. The van der Waals surface area contributed by atoms with E-state index in [1.807, 2.05) is 19.1 Å². The number of carbonyl (C=O) groups is 1. The third kappa shape index (κ3) is 3.48. The second kappa shape index (κ2) is 6.64. The van der Waals surface area contributed by atoms with Crippen molar-refractivity contribution in [1.82, 2.24) is 0 Å². The standard InChI is InChI=1S/C19H28O2/c1-5-19(4,17-8-6-7-9-17)18(20)21-15(3)16-12-10-14(2)11-13-16/h10-13,15,17H,5-9H2,1-4H3. The smallest absolute Gasteiger partial charge is 0.312 e. The first kappa shape index (κ1) is 16.1. The fourth-order valence-corrected chi connectivity index (χ4v) is 3.36. The van der Waals surface area contributed by atoms with Gasteiger partial charge in [-0.3, -0.25) is 4.79 Å². The summed E-state index contributed by atoms with van der Waals surface area (Å²) in [5.41, 5.74) is 1.97. The van der Waals surface area contributed by atoms with Crippen LogP contribution in [-0.4, -0.2) is 5.97 Å². The van der Waals surface area contributed by atoms with Gasteiger partial charge >= 0.3 is 5.97 Å². The van der Waals surface area contributed by atoms with Gasteiger partial charge in [-0.25, -0.2) is 0 Å². The molecule has 0 amide bonds. The number of rotatable bonds is 5.